The van der Waals surface area contributed by atoms with Crippen molar-refractivity contribution in [2.45, 2.75) is 197 Å². The van der Waals surface area contributed by atoms with Crippen molar-refractivity contribution in [1.29, 1.82) is 0 Å². The third-order valence-corrected chi connectivity index (χ3v) is 9.42. The molecule has 10 nitrogen and oxygen atoms in total. The van der Waals surface area contributed by atoms with E-state index in [0.717, 1.165) is 57.1 Å². The van der Waals surface area contributed by atoms with Gasteiger partial charge in [-0.25, -0.2) is 0 Å². The van der Waals surface area contributed by atoms with Gasteiger partial charge in [-0.15, -0.1) is 0 Å². The summed E-state index contributed by atoms with van der Waals surface area (Å²) in [5, 5.41) is 64.6. The molecule has 274 valence electrons. The average Bonchev–Trinajstić information content (AvgIpc) is 3.05. The molecule has 0 aliphatic carbocycles. The molecule has 11 heteroatoms. The van der Waals surface area contributed by atoms with Gasteiger partial charge in [0.15, 0.2) is 6.29 Å². The van der Waals surface area contributed by atoms with E-state index in [1.165, 1.54) is 70.6 Å². The molecule has 1 aliphatic rings. The molecule has 1 rings (SSSR count). The minimum atomic E-state index is -1.60. The Bertz CT molecular complexity index is 720. The average molecular weight is 680 g/mol. The number of rotatable bonds is 30. The molecule has 8 atom stereocenters. The summed E-state index contributed by atoms with van der Waals surface area (Å²) in [5.74, 6) is 0.655. The summed E-state index contributed by atoms with van der Waals surface area (Å²) in [4.78, 5) is 12.8. The van der Waals surface area contributed by atoms with Crippen molar-refractivity contribution in [3.05, 3.63) is 0 Å². The highest BCUT2D eigenvalue weighted by atomic mass is 32.1. The molecule has 46 heavy (non-hydrogen) atoms. The van der Waals surface area contributed by atoms with Crippen LogP contribution in [0.1, 0.15) is 148 Å². The number of thiol groups is 1. The van der Waals surface area contributed by atoms with Crippen LogP contribution >= 0.6 is 12.6 Å². The molecule has 0 saturated carbocycles. The number of aliphatic hydroxyl groups is 6. The topological polar surface area (TPSA) is 169 Å². The molecule has 0 spiro atoms. The lowest BCUT2D eigenvalue weighted by Gasteiger charge is -2.40. The van der Waals surface area contributed by atoms with Gasteiger partial charge in [-0.3, -0.25) is 4.79 Å². The maximum atomic E-state index is 12.8. The molecule has 0 aromatic heterocycles. The maximum absolute atomic E-state index is 12.8. The Hall–Kier alpha value is -0.500. The fraction of sp³-hybridized carbons (Fsp3) is 0.971. The van der Waals surface area contributed by atoms with Crippen LogP contribution in [0.3, 0.4) is 0 Å². The Kier molecular flexibility index (Phi) is 26.8. The van der Waals surface area contributed by atoms with Crippen molar-refractivity contribution in [2.24, 2.45) is 0 Å². The highest BCUT2D eigenvalue weighted by Crippen LogP contribution is 2.23. The summed E-state index contributed by atoms with van der Waals surface area (Å²) in [5.41, 5.74) is 0. The van der Waals surface area contributed by atoms with Gasteiger partial charge in [-0.05, 0) is 25.0 Å². The van der Waals surface area contributed by atoms with Crippen molar-refractivity contribution < 1.29 is 44.9 Å². The first-order chi connectivity index (χ1) is 22.3. The molecule has 1 heterocycles. The molecular formula is C35H69NO9S. The standard InChI is InChI=1S/C35H69NO9S/c1-2-3-4-5-6-7-8-9-10-13-16-19-22-28(38)31(40)27(26-44-35-34(43)33(42)32(41)29(25-37)45-35)36-30(39)23-20-17-14-11-12-15-18-21-24-46/h27-29,31-35,37-38,40-43,46H,2-26H2,1H3,(H,36,39)/t27-,28+,29?,31-,32-,33+,34-,35-/m0/s1. The summed E-state index contributed by atoms with van der Waals surface area (Å²) in [7, 11) is 0. The molecule has 0 aromatic rings. The van der Waals surface area contributed by atoms with E-state index in [1.54, 1.807) is 0 Å². The molecule has 1 saturated heterocycles. The summed E-state index contributed by atoms with van der Waals surface area (Å²) >= 11 is 4.24. The van der Waals surface area contributed by atoms with Crippen LogP contribution in [0.2, 0.25) is 0 Å². The molecule has 1 aliphatic heterocycles. The first-order valence-electron chi connectivity index (χ1n) is 18.4. The first-order valence-corrected chi connectivity index (χ1v) is 19.1. The van der Waals surface area contributed by atoms with Gasteiger partial charge in [0, 0.05) is 6.42 Å². The van der Waals surface area contributed by atoms with Gasteiger partial charge in [-0.1, -0.05) is 122 Å². The Morgan fingerprint density at radius 2 is 1.24 bits per heavy atom. The van der Waals surface area contributed by atoms with Crippen LogP contribution in [0.25, 0.3) is 0 Å². The van der Waals surface area contributed by atoms with Crippen LogP contribution in [-0.2, 0) is 14.3 Å². The second-order valence-corrected chi connectivity index (χ2v) is 13.7. The number of aliphatic hydroxyl groups excluding tert-OH is 6. The molecule has 0 aromatic carbocycles. The van der Waals surface area contributed by atoms with Gasteiger partial charge in [-0.2, -0.15) is 12.6 Å². The zero-order valence-corrected chi connectivity index (χ0v) is 29.5. The van der Waals surface area contributed by atoms with Crippen molar-refractivity contribution >= 4 is 18.5 Å². The second-order valence-electron chi connectivity index (χ2n) is 13.2. The molecule has 1 fully saturated rings. The number of amides is 1. The van der Waals surface area contributed by atoms with Gasteiger partial charge in [0.1, 0.15) is 30.5 Å². The van der Waals surface area contributed by atoms with Crippen molar-refractivity contribution in [2.75, 3.05) is 19.0 Å². The molecule has 7 N–H and O–H groups in total. The first kappa shape index (κ1) is 43.5. The zero-order valence-electron chi connectivity index (χ0n) is 28.7. The minimum Gasteiger partial charge on any atom is -0.394 e. The molecule has 0 radical (unpaired) electrons. The van der Waals surface area contributed by atoms with E-state index in [9.17, 15) is 35.4 Å². The Morgan fingerprint density at radius 3 is 1.76 bits per heavy atom. The highest BCUT2D eigenvalue weighted by Gasteiger charge is 2.44. The number of carbonyl (C=O) groups excluding carboxylic acids is 1. The third kappa shape index (κ3) is 19.5. The quantitative estimate of drug-likeness (QED) is 0.0401. The number of hydrogen-bond donors (Lipinski definition) is 8. The van der Waals surface area contributed by atoms with Crippen LogP contribution in [0.5, 0.6) is 0 Å². The molecule has 0 bridgehead atoms. The Labute approximate surface area is 284 Å². The summed E-state index contributed by atoms with van der Waals surface area (Å²) in [6.07, 6.45) is 13.8. The van der Waals surface area contributed by atoms with Gasteiger partial charge in [0.2, 0.25) is 5.91 Å². The van der Waals surface area contributed by atoms with Crippen LogP contribution in [-0.4, -0.2) is 104 Å². The number of ether oxygens (including phenoxy) is 2. The number of hydrogen-bond acceptors (Lipinski definition) is 10. The Morgan fingerprint density at radius 1 is 0.739 bits per heavy atom. The van der Waals surface area contributed by atoms with E-state index in [4.69, 9.17) is 9.47 Å². The highest BCUT2D eigenvalue weighted by molar-refractivity contribution is 7.80. The summed E-state index contributed by atoms with van der Waals surface area (Å²) < 4.78 is 11.1. The van der Waals surface area contributed by atoms with Crippen LogP contribution in [0.15, 0.2) is 0 Å². The van der Waals surface area contributed by atoms with Crippen LogP contribution < -0.4 is 5.32 Å². The van der Waals surface area contributed by atoms with Crippen LogP contribution in [0.4, 0.5) is 0 Å². The van der Waals surface area contributed by atoms with Crippen molar-refractivity contribution in [1.82, 2.24) is 5.32 Å². The number of carbonyl (C=O) groups is 1. The van der Waals surface area contributed by atoms with E-state index < -0.39 is 55.6 Å². The van der Waals surface area contributed by atoms with Crippen molar-refractivity contribution in [3.8, 4) is 0 Å². The lowest BCUT2D eigenvalue weighted by Crippen LogP contribution is -2.60. The van der Waals surface area contributed by atoms with Gasteiger partial charge < -0.3 is 45.4 Å². The molecular weight excluding hydrogens is 610 g/mol. The van der Waals surface area contributed by atoms with E-state index in [0.29, 0.717) is 12.8 Å². The predicted molar refractivity (Wildman–Crippen MR) is 185 cm³/mol. The zero-order chi connectivity index (χ0) is 34.0. The summed E-state index contributed by atoms with van der Waals surface area (Å²) in [6, 6.07) is -0.987. The predicted octanol–water partition coefficient (Wildman–Crippen LogP) is 4.54. The fourth-order valence-corrected chi connectivity index (χ4v) is 6.22. The maximum Gasteiger partial charge on any atom is 0.220 e. The van der Waals surface area contributed by atoms with E-state index >= 15 is 0 Å². The number of unbranched alkanes of at least 4 members (excludes halogenated alkanes) is 18. The lowest BCUT2D eigenvalue weighted by atomic mass is 9.98. The van der Waals surface area contributed by atoms with Gasteiger partial charge >= 0.3 is 0 Å². The van der Waals surface area contributed by atoms with Gasteiger partial charge in [0.25, 0.3) is 0 Å². The monoisotopic (exact) mass is 679 g/mol. The third-order valence-electron chi connectivity index (χ3n) is 9.11. The normalized spacial score (nSPS) is 23.7. The Balaban J connectivity index is 2.51. The lowest BCUT2D eigenvalue weighted by molar-refractivity contribution is -0.303. The van der Waals surface area contributed by atoms with E-state index in [2.05, 4.69) is 24.9 Å². The van der Waals surface area contributed by atoms with E-state index in [1.807, 2.05) is 0 Å². The summed E-state index contributed by atoms with van der Waals surface area (Å²) in [6.45, 7) is 1.33. The smallest absolute Gasteiger partial charge is 0.220 e. The van der Waals surface area contributed by atoms with Crippen LogP contribution in [0, 0.1) is 0 Å². The van der Waals surface area contributed by atoms with E-state index in [-0.39, 0.29) is 18.9 Å². The molecule has 1 unspecified atom stereocenters. The largest absolute Gasteiger partial charge is 0.394 e. The fourth-order valence-electron chi connectivity index (χ4n) is 6.00. The van der Waals surface area contributed by atoms with Gasteiger partial charge in [0.05, 0.1) is 25.4 Å². The second kappa shape index (κ2) is 28.3. The minimum absolute atomic E-state index is 0.271. The molecule has 1 amide bonds. The van der Waals surface area contributed by atoms with Crippen molar-refractivity contribution in [3.63, 3.8) is 0 Å². The SMILES string of the molecule is CCCCCCCCCCCCCC[C@@H](O)[C@@H](O)[C@H](CO[C@H]1OC(CO)[C@H](O)[C@@H](O)[C@@H]1O)NC(=O)CCCCCCCCCCS. The number of nitrogens with one attached hydrogen (secondary N) is 1.